The molecule has 0 bridgehead atoms. The van der Waals surface area contributed by atoms with Crippen LogP contribution in [0.25, 0.3) is 11.3 Å². The van der Waals surface area contributed by atoms with Crippen LogP contribution in [-0.4, -0.2) is 22.6 Å². The molecule has 2 aliphatic rings. The normalized spacial score (nSPS) is 19.5. The fourth-order valence-electron chi connectivity index (χ4n) is 3.76. The van der Waals surface area contributed by atoms with Gasteiger partial charge in [0.25, 0.3) is 0 Å². The van der Waals surface area contributed by atoms with Crippen LogP contribution in [0, 0.1) is 5.92 Å². The summed E-state index contributed by atoms with van der Waals surface area (Å²) in [7, 11) is 0. The van der Waals surface area contributed by atoms with Crippen molar-refractivity contribution in [3.63, 3.8) is 0 Å². The predicted octanol–water partition coefficient (Wildman–Crippen LogP) is 5.99. The van der Waals surface area contributed by atoms with Gasteiger partial charge in [-0.05, 0) is 49.6 Å². The second-order valence-corrected chi connectivity index (χ2v) is 7.82. The Balaban J connectivity index is 1.48. The minimum absolute atomic E-state index is 0.127. The minimum atomic E-state index is -0.175. The number of hydrogen-bond donors (Lipinski definition) is 2. The first-order chi connectivity index (χ1) is 13.7. The molecular weight excluding hydrogens is 375 g/mol. The van der Waals surface area contributed by atoms with Crippen molar-refractivity contribution in [1.82, 2.24) is 9.97 Å². The summed E-state index contributed by atoms with van der Waals surface area (Å²) in [6, 6.07) is 8.25. The number of allylic oxidation sites excluding steroid dienone is 3. The molecular formula is C22H24ClFN4. The molecule has 6 heteroatoms. The standard InChI is InChI=1S/C22H24ClFN4/c23-19-14-26-22(27-17-7-1-2-8-17)12-18(19)20-9-4-10-21(28-20)25-13-15-5-3-6-16(24)11-15/h3-4,6,9-12,14-15,17H,1-2,5,7-8,13H2,(H,25,28)(H,26,27). The lowest BCUT2D eigenvalue weighted by Crippen LogP contribution is -2.15. The van der Waals surface area contributed by atoms with E-state index in [0.29, 0.717) is 17.6 Å². The highest BCUT2D eigenvalue weighted by Crippen LogP contribution is 2.30. The second kappa shape index (κ2) is 8.74. The van der Waals surface area contributed by atoms with Gasteiger partial charge >= 0.3 is 0 Å². The number of rotatable bonds is 6. The fourth-order valence-corrected chi connectivity index (χ4v) is 3.96. The van der Waals surface area contributed by atoms with E-state index in [1.807, 2.05) is 30.3 Å². The van der Waals surface area contributed by atoms with Crippen LogP contribution < -0.4 is 10.6 Å². The Morgan fingerprint density at radius 1 is 1.18 bits per heavy atom. The molecule has 2 aromatic rings. The summed E-state index contributed by atoms with van der Waals surface area (Å²) < 4.78 is 13.4. The third-order valence-corrected chi connectivity index (χ3v) is 5.54. The number of nitrogens with zero attached hydrogens (tertiary/aromatic N) is 2. The van der Waals surface area contributed by atoms with Crippen molar-refractivity contribution in [2.45, 2.75) is 38.1 Å². The summed E-state index contributed by atoms with van der Waals surface area (Å²) in [5.74, 6) is 1.54. The third-order valence-electron chi connectivity index (χ3n) is 5.24. The molecule has 1 unspecified atom stereocenters. The Morgan fingerprint density at radius 2 is 2.04 bits per heavy atom. The van der Waals surface area contributed by atoms with Crippen molar-refractivity contribution in [1.29, 1.82) is 0 Å². The highest BCUT2D eigenvalue weighted by atomic mass is 35.5. The fraction of sp³-hybridized carbons (Fsp3) is 0.364. The molecule has 2 N–H and O–H groups in total. The molecule has 0 aliphatic heterocycles. The van der Waals surface area contributed by atoms with E-state index in [-0.39, 0.29) is 11.7 Å². The number of pyridine rings is 2. The highest BCUT2D eigenvalue weighted by Gasteiger charge is 2.16. The maximum Gasteiger partial charge on any atom is 0.126 e. The van der Waals surface area contributed by atoms with Crippen LogP contribution in [0.2, 0.25) is 5.02 Å². The molecule has 1 fully saturated rings. The summed E-state index contributed by atoms with van der Waals surface area (Å²) in [5, 5.41) is 7.38. The smallest absolute Gasteiger partial charge is 0.126 e. The molecule has 0 amide bonds. The van der Waals surface area contributed by atoms with Gasteiger partial charge in [-0.25, -0.2) is 14.4 Å². The van der Waals surface area contributed by atoms with Crippen LogP contribution in [0.15, 0.2) is 54.5 Å². The van der Waals surface area contributed by atoms with E-state index in [2.05, 4.69) is 15.6 Å². The number of halogens is 2. The second-order valence-electron chi connectivity index (χ2n) is 7.41. The molecule has 0 aromatic carbocycles. The Labute approximate surface area is 169 Å². The SMILES string of the molecule is FC1=CC(CNc2cccc(-c3cc(NC4CCCC4)ncc3Cl)n2)CC=C1. The van der Waals surface area contributed by atoms with Gasteiger partial charge in [0.05, 0.1) is 10.7 Å². The van der Waals surface area contributed by atoms with Crippen LogP contribution in [0.4, 0.5) is 16.0 Å². The lowest BCUT2D eigenvalue weighted by molar-refractivity contribution is 0.603. The number of anilines is 2. The maximum absolute atomic E-state index is 13.4. The van der Waals surface area contributed by atoms with Crippen molar-refractivity contribution in [2.75, 3.05) is 17.2 Å². The summed E-state index contributed by atoms with van der Waals surface area (Å²) in [5.41, 5.74) is 1.64. The zero-order valence-corrected chi connectivity index (χ0v) is 16.4. The number of hydrogen-bond acceptors (Lipinski definition) is 4. The lowest BCUT2D eigenvalue weighted by Gasteiger charge is -2.16. The lowest BCUT2D eigenvalue weighted by atomic mass is 10.0. The molecule has 2 aliphatic carbocycles. The zero-order chi connectivity index (χ0) is 19.3. The summed E-state index contributed by atoms with van der Waals surface area (Å²) in [4.78, 5) is 9.12. The van der Waals surface area contributed by atoms with Gasteiger partial charge in [-0.15, -0.1) is 0 Å². The van der Waals surface area contributed by atoms with Crippen LogP contribution in [0.1, 0.15) is 32.1 Å². The minimum Gasteiger partial charge on any atom is -0.369 e. The van der Waals surface area contributed by atoms with E-state index in [1.165, 1.54) is 31.8 Å². The average molecular weight is 399 g/mol. The first kappa shape index (κ1) is 18.9. The van der Waals surface area contributed by atoms with Crippen molar-refractivity contribution in [2.24, 2.45) is 5.92 Å². The van der Waals surface area contributed by atoms with E-state index < -0.39 is 0 Å². The molecule has 1 atom stereocenters. The number of nitrogens with one attached hydrogen (secondary N) is 2. The Kier molecular flexibility index (Phi) is 5.91. The molecule has 1 saturated carbocycles. The van der Waals surface area contributed by atoms with Gasteiger partial charge in [0.2, 0.25) is 0 Å². The van der Waals surface area contributed by atoms with E-state index in [4.69, 9.17) is 16.6 Å². The molecule has 4 nitrogen and oxygen atoms in total. The molecule has 0 saturated heterocycles. The topological polar surface area (TPSA) is 49.8 Å². The summed E-state index contributed by atoms with van der Waals surface area (Å²) >= 11 is 6.41. The molecule has 146 valence electrons. The number of aromatic nitrogens is 2. The van der Waals surface area contributed by atoms with Gasteiger partial charge in [0.15, 0.2) is 0 Å². The molecule has 0 spiro atoms. The van der Waals surface area contributed by atoms with E-state index in [9.17, 15) is 4.39 Å². The Hall–Kier alpha value is -2.40. The highest BCUT2D eigenvalue weighted by molar-refractivity contribution is 6.33. The molecule has 4 rings (SSSR count). The van der Waals surface area contributed by atoms with Crippen molar-refractivity contribution in [3.8, 4) is 11.3 Å². The van der Waals surface area contributed by atoms with E-state index in [1.54, 1.807) is 12.3 Å². The zero-order valence-electron chi connectivity index (χ0n) is 15.7. The Bertz CT molecular complexity index is 890. The van der Waals surface area contributed by atoms with Crippen LogP contribution in [0.3, 0.4) is 0 Å². The monoisotopic (exact) mass is 398 g/mol. The van der Waals surface area contributed by atoms with Gasteiger partial charge in [-0.3, -0.25) is 0 Å². The Morgan fingerprint density at radius 3 is 2.86 bits per heavy atom. The van der Waals surface area contributed by atoms with Crippen LogP contribution >= 0.6 is 11.6 Å². The van der Waals surface area contributed by atoms with Crippen LogP contribution in [0.5, 0.6) is 0 Å². The molecule has 2 aromatic heterocycles. The van der Waals surface area contributed by atoms with Crippen LogP contribution in [-0.2, 0) is 0 Å². The summed E-state index contributed by atoms with van der Waals surface area (Å²) in [6.45, 7) is 0.632. The first-order valence-corrected chi connectivity index (χ1v) is 10.2. The molecule has 2 heterocycles. The molecule has 0 radical (unpaired) electrons. The van der Waals surface area contributed by atoms with Gasteiger partial charge in [0, 0.05) is 30.3 Å². The van der Waals surface area contributed by atoms with Gasteiger partial charge in [0.1, 0.15) is 17.5 Å². The van der Waals surface area contributed by atoms with Crippen molar-refractivity contribution in [3.05, 3.63) is 59.5 Å². The summed E-state index contributed by atoms with van der Waals surface area (Å²) in [6.07, 6.45) is 12.4. The van der Waals surface area contributed by atoms with E-state index in [0.717, 1.165) is 29.3 Å². The first-order valence-electron chi connectivity index (χ1n) is 9.84. The van der Waals surface area contributed by atoms with Gasteiger partial charge in [-0.2, -0.15) is 0 Å². The quantitative estimate of drug-likeness (QED) is 0.627. The van der Waals surface area contributed by atoms with Gasteiger partial charge in [-0.1, -0.05) is 36.6 Å². The predicted molar refractivity (Wildman–Crippen MR) is 113 cm³/mol. The van der Waals surface area contributed by atoms with Crippen molar-refractivity contribution >= 4 is 23.2 Å². The van der Waals surface area contributed by atoms with E-state index >= 15 is 0 Å². The third kappa shape index (κ3) is 4.71. The van der Waals surface area contributed by atoms with Crippen molar-refractivity contribution < 1.29 is 4.39 Å². The largest absolute Gasteiger partial charge is 0.369 e. The van der Waals surface area contributed by atoms with Gasteiger partial charge < -0.3 is 10.6 Å². The molecule has 28 heavy (non-hydrogen) atoms. The maximum atomic E-state index is 13.4. The average Bonchev–Trinajstić information content (AvgIpc) is 3.21.